The van der Waals surface area contributed by atoms with E-state index in [-0.39, 0.29) is 25.5 Å². The van der Waals surface area contributed by atoms with Crippen molar-refractivity contribution in [3.63, 3.8) is 0 Å². The highest BCUT2D eigenvalue weighted by Crippen LogP contribution is 2.31. The zero-order chi connectivity index (χ0) is 35.1. The molecule has 0 aliphatic carbocycles. The summed E-state index contributed by atoms with van der Waals surface area (Å²) < 4.78 is 12.6. The van der Waals surface area contributed by atoms with Crippen molar-refractivity contribution in [1.82, 2.24) is 20.0 Å². The van der Waals surface area contributed by atoms with Gasteiger partial charge < -0.3 is 30.1 Å². The Bertz CT molecular complexity index is 1950. The first-order valence-corrected chi connectivity index (χ1v) is 15.5. The number of carbonyl (C=O) groups excluding carboxylic acids is 3. The number of nitriles is 1. The average molecular weight is 661 g/mol. The van der Waals surface area contributed by atoms with E-state index < -0.39 is 35.6 Å². The molecule has 1 aliphatic rings. The van der Waals surface area contributed by atoms with Crippen molar-refractivity contribution in [3.05, 3.63) is 101 Å². The van der Waals surface area contributed by atoms with Gasteiger partial charge >= 0.3 is 6.09 Å². The van der Waals surface area contributed by atoms with Crippen LogP contribution in [0.4, 0.5) is 10.5 Å². The highest BCUT2D eigenvalue weighted by atomic mass is 16.6. The number of anilines is 1. The molecule has 250 valence electrons. The van der Waals surface area contributed by atoms with Crippen molar-refractivity contribution in [3.8, 4) is 34.9 Å². The van der Waals surface area contributed by atoms with Gasteiger partial charge in [0.15, 0.2) is 0 Å². The molecular weight excluding hydrogens is 624 g/mol. The number of benzene rings is 3. The Morgan fingerprint density at radius 1 is 1.04 bits per heavy atom. The third-order valence-electron chi connectivity index (χ3n) is 7.46. The Balaban J connectivity index is 1.30. The predicted octanol–water partition coefficient (Wildman–Crippen LogP) is 4.50. The first kappa shape index (κ1) is 34.2. The number of carbonyl (C=O) groups is 3. The molecule has 2 heterocycles. The van der Waals surface area contributed by atoms with Crippen LogP contribution in [0.3, 0.4) is 0 Å². The summed E-state index contributed by atoms with van der Waals surface area (Å²) in [5.74, 6) is 5.23. The highest BCUT2D eigenvalue weighted by molar-refractivity contribution is 5.98. The lowest BCUT2D eigenvalue weighted by atomic mass is 10.0. The molecule has 12 nitrogen and oxygen atoms in total. The smallest absolute Gasteiger partial charge is 0.408 e. The summed E-state index contributed by atoms with van der Waals surface area (Å²) in [7, 11) is 1.74. The summed E-state index contributed by atoms with van der Waals surface area (Å²) in [5.41, 5.74) is 2.70. The molecule has 5 rings (SSSR count). The van der Waals surface area contributed by atoms with Gasteiger partial charge in [0.05, 0.1) is 30.4 Å². The number of hydrogen-bond acceptors (Lipinski definition) is 8. The van der Waals surface area contributed by atoms with Crippen LogP contribution >= 0.6 is 0 Å². The maximum absolute atomic E-state index is 13.9. The van der Waals surface area contributed by atoms with Crippen LogP contribution in [0.2, 0.25) is 0 Å². The summed E-state index contributed by atoms with van der Waals surface area (Å²) in [6, 6.07) is 20.2. The van der Waals surface area contributed by atoms with Gasteiger partial charge in [-0.2, -0.15) is 10.4 Å². The molecule has 1 saturated heterocycles. The second-order valence-electron chi connectivity index (χ2n) is 12.3. The first-order valence-electron chi connectivity index (χ1n) is 15.5. The van der Waals surface area contributed by atoms with Crippen LogP contribution in [0, 0.1) is 23.2 Å². The minimum atomic E-state index is -1.08. The van der Waals surface area contributed by atoms with Gasteiger partial charge in [-0.25, -0.2) is 4.79 Å². The van der Waals surface area contributed by atoms with E-state index in [0.717, 1.165) is 0 Å². The highest BCUT2D eigenvalue weighted by Gasteiger charge is 2.38. The minimum Gasteiger partial charge on any atom is -0.507 e. The van der Waals surface area contributed by atoms with Crippen molar-refractivity contribution in [2.75, 3.05) is 25.1 Å². The summed E-state index contributed by atoms with van der Waals surface area (Å²) in [5, 5.41) is 29.7. The first-order chi connectivity index (χ1) is 23.4. The van der Waals surface area contributed by atoms with E-state index in [1.54, 1.807) is 99.4 Å². The van der Waals surface area contributed by atoms with Gasteiger partial charge in [0.1, 0.15) is 29.1 Å². The molecule has 0 bridgehead atoms. The molecule has 1 aliphatic heterocycles. The molecule has 0 radical (unpaired) electrons. The fraction of sp³-hybridized carbons (Fsp3) is 0.270. The predicted molar refractivity (Wildman–Crippen MR) is 181 cm³/mol. The number of aromatic hydroxyl groups is 1. The van der Waals surface area contributed by atoms with Crippen molar-refractivity contribution in [2.24, 2.45) is 7.05 Å². The van der Waals surface area contributed by atoms with Crippen molar-refractivity contribution < 1.29 is 29.0 Å². The van der Waals surface area contributed by atoms with Crippen molar-refractivity contribution in [2.45, 2.75) is 38.5 Å². The largest absolute Gasteiger partial charge is 0.507 e. The topological polar surface area (TPSA) is 159 Å². The zero-order valence-corrected chi connectivity index (χ0v) is 27.6. The number of amides is 3. The molecule has 49 heavy (non-hydrogen) atoms. The molecule has 4 aromatic rings. The van der Waals surface area contributed by atoms with Crippen LogP contribution in [-0.4, -0.2) is 69.1 Å². The lowest BCUT2D eigenvalue weighted by Crippen LogP contribution is -2.57. The van der Waals surface area contributed by atoms with E-state index >= 15 is 0 Å². The molecule has 0 saturated carbocycles. The molecule has 12 heteroatoms. The van der Waals surface area contributed by atoms with Gasteiger partial charge in [0, 0.05) is 36.6 Å². The van der Waals surface area contributed by atoms with Gasteiger partial charge in [-0.1, -0.05) is 42.2 Å². The van der Waals surface area contributed by atoms with Crippen LogP contribution in [0.1, 0.15) is 49.1 Å². The average Bonchev–Trinajstić information content (AvgIpc) is 3.46. The maximum atomic E-state index is 13.9. The monoisotopic (exact) mass is 660 g/mol. The summed E-state index contributed by atoms with van der Waals surface area (Å²) >= 11 is 0. The van der Waals surface area contributed by atoms with Crippen LogP contribution in [-0.2, 0) is 26.1 Å². The number of alkyl carbamates (subject to hydrolysis) is 1. The van der Waals surface area contributed by atoms with Crippen LogP contribution in [0.5, 0.6) is 5.75 Å². The molecule has 3 aromatic carbocycles. The van der Waals surface area contributed by atoms with Gasteiger partial charge in [-0.15, -0.1) is 0 Å². The number of ether oxygens (including phenoxy) is 2. The van der Waals surface area contributed by atoms with E-state index in [0.29, 0.717) is 39.2 Å². The second-order valence-corrected chi connectivity index (χ2v) is 12.3. The van der Waals surface area contributed by atoms with E-state index in [4.69, 9.17) is 9.47 Å². The van der Waals surface area contributed by atoms with Crippen LogP contribution in [0.15, 0.2) is 79.0 Å². The van der Waals surface area contributed by atoms with Crippen LogP contribution < -0.4 is 10.6 Å². The summed E-state index contributed by atoms with van der Waals surface area (Å²) in [6.07, 6.45) is 0.971. The Morgan fingerprint density at radius 2 is 1.76 bits per heavy atom. The van der Waals surface area contributed by atoms with E-state index in [1.807, 2.05) is 0 Å². The van der Waals surface area contributed by atoms with Gasteiger partial charge in [-0.3, -0.25) is 14.3 Å². The third-order valence-corrected chi connectivity index (χ3v) is 7.46. The van der Waals surface area contributed by atoms with Crippen molar-refractivity contribution >= 4 is 23.6 Å². The SMILES string of the molecule is Cn1cc(C#Cc2ccc(NC(=O)[C@@H]3COCCN3C(=O)[C@@H](NC(=O)OC(C)(C)C)c3ccccc3)cc2)c(-c2cc(C#N)ccc2O)n1. The van der Waals surface area contributed by atoms with Gasteiger partial charge in [0.25, 0.3) is 5.91 Å². The molecule has 0 spiro atoms. The number of phenols is 1. The van der Waals surface area contributed by atoms with E-state index in [2.05, 4.69) is 33.6 Å². The number of morpholine rings is 1. The molecular formula is C37H36N6O6. The van der Waals surface area contributed by atoms with E-state index in [1.165, 1.54) is 17.0 Å². The van der Waals surface area contributed by atoms with Gasteiger partial charge in [0.2, 0.25) is 5.91 Å². The molecule has 3 amide bonds. The van der Waals surface area contributed by atoms with Gasteiger partial charge in [-0.05, 0) is 68.8 Å². The molecule has 3 N–H and O–H groups in total. The quantitative estimate of drug-likeness (QED) is 0.255. The standard InChI is InChI=1S/C37H36N6O6/c1-37(2,3)49-36(47)40-33(26-8-6-5-7-9-26)35(46)43-18-19-48-23-30(43)34(45)39-28-15-11-24(12-16-28)10-14-27-22-42(4)41-32(27)29-20-25(21-38)13-17-31(29)44/h5-9,11-13,15-17,20,22,30,33,44H,18-19,23H2,1-4H3,(H,39,45)(H,40,47)/t30-,33-/m0/s1. The van der Waals surface area contributed by atoms with E-state index in [9.17, 15) is 24.8 Å². The maximum Gasteiger partial charge on any atom is 0.408 e. The number of rotatable bonds is 6. The lowest BCUT2D eigenvalue weighted by molar-refractivity contribution is -0.148. The number of aromatic nitrogens is 2. The Hall–Kier alpha value is -6.11. The lowest BCUT2D eigenvalue weighted by Gasteiger charge is -2.37. The summed E-state index contributed by atoms with van der Waals surface area (Å²) in [4.78, 5) is 41.6. The normalized spacial score (nSPS) is 14.8. The minimum absolute atomic E-state index is 0.0145. The second kappa shape index (κ2) is 14.8. The summed E-state index contributed by atoms with van der Waals surface area (Å²) in [6.45, 7) is 5.56. The number of hydrogen-bond donors (Lipinski definition) is 3. The van der Waals surface area contributed by atoms with Crippen molar-refractivity contribution in [1.29, 1.82) is 5.26 Å². The fourth-order valence-electron chi connectivity index (χ4n) is 5.19. The molecule has 1 aromatic heterocycles. The number of nitrogens with one attached hydrogen (secondary N) is 2. The molecule has 2 atom stereocenters. The fourth-order valence-corrected chi connectivity index (χ4v) is 5.19. The Labute approximate surface area is 284 Å². The number of aryl methyl sites for hydroxylation is 1. The molecule has 1 fully saturated rings. The zero-order valence-electron chi connectivity index (χ0n) is 27.6. The van der Waals surface area contributed by atoms with Crippen LogP contribution in [0.25, 0.3) is 11.3 Å². The number of phenolic OH excluding ortho intramolecular Hbond substituents is 1. The number of nitrogens with zero attached hydrogens (tertiary/aromatic N) is 4. The third kappa shape index (κ3) is 8.63. The Morgan fingerprint density at radius 3 is 2.45 bits per heavy atom. The Kier molecular flexibility index (Phi) is 10.3. The molecule has 0 unspecified atom stereocenters.